The molecule has 1 saturated heterocycles. The number of carboxylic acid groups (broad SMARTS) is 1. The number of halogens is 1. The lowest BCUT2D eigenvalue weighted by molar-refractivity contribution is 0.0338. The quantitative estimate of drug-likeness (QED) is 0.904. The average molecular weight is 318 g/mol. The zero-order valence-corrected chi connectivity index (χ0v) is 13.7. The summed E-state index contributed by atoms with van der Waals surface area (Å²) in [6, 6.07) is 0. The molecule has 0 saturated carbocycles. The van der Waals surface area contributed by atoms with Crippen molar-refractivity contribution >= 4 is 18.4 Å². The monoisotopic (exact) mass is 317 g/mol. The van der Waals surface area contributed by atoms with Crippen molar-refractivity contribution in [2.24, 2.45) is 5.92 Å². The molecule has 1 aliphatic heterocycles. The highest BCUT2D eigenvalue weighted by Gasteiger charge is 2.25. The number of morpholine rings is 1. The van der Waals surface area contributed by atoms with Crippen molar-refractivity contribution in [2.75, 3.05) is 26.3 Å². The molecule has 1 N–H and O–H groups in total. The van der Waals surface area contributed by atoms with E-state index in [1.165, 1.54) is 0 Å². The van der Waals surface area contributed by atoms with Crippen LogP contribution in [0.4, 0.5) is 0 Å². The summed E-state index contributed by atoms with van der Waals surface area (Å²) in [4.78, 5) is 13.8. The number of hydrogen-bond donors (Lipinski definition) is 1. The minimum absolute atomic E-state index is 0. The van der Waals surface area contributed by atoms with Crippen molar-refractivity contribution in [1.29, 1.82) is 0 Å². The van der Waals surface area contributed by atoms with Gasteiger partial charge in [0.05, 0.1) is 13.2 Å². The molecule has 1 aromatic rings. The first-order valence-corrected chi connectivity index (χ1v) is 7.13. The molecule has 2 heterocycles. The van der Waals surface area contributed by atoms with Crippen LogP contribution in [0.5, 0.6) is 0 Å². The first-order chi connectivity index (χ1) is 9.49. The number of ether oxygens (including phenoxy) is 1. The van der Waals surface area contributed by atoms with E-state index in [0.29, 0.717) is 43.4 Å². The predicted octanol–water partition coefficient (Wildman–Crippen LogP) is 2.74. The first kappa shape index (κ1) is 18.0. The zero-order valence-electron chi connectivity index (χ0n) is 12.8. The van der Waals surface area contributed by atoms with E-state index in [1.54, 1.807) is 0 Å². The van der Waals surface area contributed by atoms with Crippen molar-refractivity contribution in [3.63, 3.8) is 0 Å². The van der Waals surface area contributed by atoms with Crippen LogP contribution in [-0.4, -0.2) is 42.3 Å². The highest BCUT2D eigenvalue weighted by molar-refractivity contribution is 5.91. The fraction of sp³-hybridized carbons (Fsp3) is 0.667. The van der Waals surface area contributed by atoms with E-state index in [2.05, 4.69) is 18.7 Å². The molecule has 21 heavy (non-hydrogen) atoms. The van der Waals surface area contributed by atoms with Gasteiger partial charge in [-0.3, -0.25) is 4.90 Å². The van der Waals surface area contributed by atoms with E-state index in [9.17, 15) is 9.90 Å². The van der Waals surface area contributed by atoms with Gasteiger partial charge in [0, 0.05) is 31.6 Å². The van der Waals surface area contributed by atoms with E-state index >= 15 is 0 Å². The van der Waals surface area contributed by atoms with E-state index in [4.69, 9.17) is 9.15 Å². The van der Waals surface area contributed by atoms with Crippen LogP contribution in [0.15, 0.2) is 4.42 Å². The maximum atomic E-state index is 11.6. The van der Waals surface area contributed by atoms with Crippen LogP contribution in [0.1, 0.15) is 41.3 Å². The van der Waals surface area contributed by atoms with Crippen molar-refractivity contribution in [3.05, 3.63) is 22.6 Å². The normalized spacial score (nSPS) is 16.0. The maximum absolute atomic E-state index is 11.6. The minimum atomic E-state index is -0.888. The molecule has 0 unspecified atom stereocenters. The lowest BCUT2D eigenvalue weighted by atomic mass is 10.0. The lowest BCUT2D eigenvalue weighted by Gasteiger charge is -2.26. The molecule has 1 fully saturated rings. The third-order valence-corrected chi connectivity index (χ3v) is 3.57. The summed E-state index contributed by atoms with van der Waals surface area (Å²) in [7, 11) is 0. The zero-order chi connectivity index (χ0) is 14.7. The SMILES string of the molecule is Cc1oc(CC(C)C)c(C(=O)O)c1CN1CCOCC1.Cl. The third-order valence-electron chi connectivity index (χ3n) is 3.57. The number of furan rings is 1. The second-order valence-corrected chi connectivity index (χ2v) is 5.73. The van der Waals surface area contributed by atoms with Gasteiger partial charge in [0.1, 0.15) is 17.1 Å². The number of rotatable bonds is 5. The van der Waals surface area contributed by atoms with Crippen molar-refractivity contribution in [3.8, 4) is 0 Å². The summed E-state index contributed by atoms with van der Waals surface area (Å²) >= 11 is 0. The van der Waals surface area contributed by atoms with Crippen molar-refractivity contribution in [1.82, 2.24) is 4.90 Å². The fourth-order valence-corrected chi connectivity index (χ4v) is 2.58. The Morgan fingerprint density at radius 3 is 2.48 bits per heavy atom. The maximum Gasteiger partial charge on any atom is 0.339 e. The Hall–Kier alpha value is -1.04. The molecule has 0 spiro atoms. The number of aromatic carboxylic acids is 1. The fourth-order valence-electron chi connectivity index (χ4n) is 2.58. The molecular weight excluding hydrogens is 294 g/mol. The van der Waals surface area contributed by atoms with Crippen LogP contribution in [0.2, 0.25) is 0 Å². The molecule has 0 aromatic carbocycles. The minimum Gasteiger partial charge on any atom is -0.478 e. The van der Waals surface area contributed by atoms with Gasteiger partial charge in [0.2, 0.25) is 0 Å². The molecule has 0 aliphatic carbocycles. The number of nitrogens with zero attached hydrogens (tertiary/aromatic N) is 1. The molecule has 120 valence electrons. The molecule has 2 rings (SSSR count). The molecule has 0 radical (unpaired) electrons. The summed E-state index contributed by atoms with van der Waals surface area (Å²) in [5.74, 6) is 0.813. The molecule has 1 aliphatic rings. The van der Waals surface area contributed by atoms with E-state index in [-0.39, 0.29) is 12.4 Å². The Kier molecular flexibility index (Phi) is 6.71. The number of carboxylic acids is 1. The number of aryl methyl sites for hydroxylation is 1. The Labute approximate surface area is 131 Å². The summed E-state index contributed by atoms with van der Waals surface area (Å²) < 4.78 is 11.0. The molecular formula is C15H24ClNO4. The van der Waals surface area contributed by atoms with Crippen molar-refractivity contribution in [2.45, 2.75) is 33.7 Å². The van der Waals surface area contributed by atoms with Gasteiger partial charge in [0.15, 0.2) is 0 Å². The average Bonchev–Trinajstić information content (AvgIpc) is 2.66. The van der Waals surface area contributed by atoms with Crippen LogP contribution in [0.25, 0.3) is 0 Å². The summed E-state index contributed by atoms with van der Waals surface area (Å²) in [6.45, 7) is 9.68. The Morgan fingerprint density at radius 2 is 1.95 bits per heavy atom. The van der Waals surface area contributed by atoms with Crippen LogP contribution < -0.4 is 0 Å². The van der Waals surface area contributed by atoms with Crippen LogP contribution >= 0.6 is 12.4 Å². The van der Waals surface area contributed by atoms with Crippen LogP contribution in [0, 0.1) is 12.8 Å². The number of carbonyl (C=O) groups is 1. The Balaban J connectivity index is 0.00000220. The molecule has 0 bridgehead atoms. The number of hydrogen-bond acceptors (Lipinski definition) is 4. The third kappa shape index (κ3) is 4.46. The van der Waals surface area contributed by atoms with E-state index in [0.717, 1.165) is 24.4 Å². The summed E-state index contributed by atoms with van der Waals surface area (Å²) in [5.41, 5.74) is 1.18. The van der Waals surface area contributed by atoms with Gasteiger partial charge in [0.25, 0.3) is 0 Å². The van der Waals surface area contributed by atoms with Gasteiger partial charge in [-0.05, 0) is 12.8 Å². The highest BCUT2D eigenvalue weighted by Crippen LogP contribution is 2.26. The second kappa shape index (κ2) is 7.82. The van der Waals surface area contributed by atoms with Crippen molar-refractivity contribution < 1.29 is 19.1 Å². The largest absolute Gasteiger partial charge is 0.478 e. The first-order valence-electron chi connectivity index (χ1n) is 7.13. The molecule has 5 nitrogen and oxygen atoms in total. The molecule has 0 amide bonds. The standard InChI is InChI=1S/C15H23NO4.ClH/c1-10(2)8-13-14(15(17)18)12(11(3)20-13)9-16-4-6-19-7-5-16;/h10H,4-9H2,1-3H3,(H,17,18);1H. The van der Waals surface area contributed by atoms with Crippen LogP contribution in [0.3, 0.4) is 0 Å². The van der Waals surface area contributed by atoms with Gasteiger partial charge in [-0.25, -0.2) is 4.79 Å². The van der Waals surface area contributed by atoms with Gasteiger partial charge >= 0.3 is 5.97 Å². The molecule has 6 heteroatoms. The van der Waals surface area contributed by atoms with Gasteiger partial charge in [-0.15, -0.1) is 12.4 Å². The molecule has 0 atom stereocenters. The van der Waals surface area contributed by atoms with Gasteiger partial charge in [-0.2, -0.15) is 0 Å². The summed E-state index contributed by atoms with van der Waals surface area (Å²) in [6.07, 6.45) is 0.658. The van der Waals surface area contributed by atoms with E-state index in [1.807, 2.05) is 6.92 Å². The molecule has 1 aromatic heterocycles. The van der Waals surface area contributed by atoms with E-state index < -0.39 is 5.97 Å². The van der Waals surface area contributed by atoms with Gasteiger partial charge in [-0.1, -0.05) is 13.8 Å². The topological polar surface area (TPSA) is 62.9 Å². The summed E-state index contributed by atoms with van der Waals surface area (Å²) in [5, 5.41) is 9.50. The highest BCUT2D eigenvalue weighted by atomic mass is 35.5. The Bertz CT molecular complexity index is 478. The predicted molar refractivity (Wildman–Crippen MR) is 82.3 cm³/mol. The van der Waals surface area contributed by atoms with Gasteiger partial charge < -0.3 is 14.3 Å². The second-order valence-electron chi connectivity index (χ2n) is 5.73. The lowest BCUT2D eigenvalue weighted by Crippen LogP contribution is -2.36. The smallest absolute Gasteiger partial charge is 0.339 e. The van der Waals surface area contributed by atoms with Crippen LogP contribution in [-0.2, 0) is 17.7 Å². The Morgan fingerprint density at radius 1 is 1.33 bits per heavy atom.